The van der Waals surface area contributed by atoms with Crippen molar-refractivity contribution >= 4 is 18.3 Å². The third kappa shape index (κ3) is 6.80. The van der Waals surface area contributed by atoms with Crippen molar-refractivity contribution in [2.45, 2.75) is 39.5 Å². The molecule has 0 bridgehead atoms. The molecule has 1 aromatic rings. The maximum atomic E-state index is 12.1. The standard InChI is InChI=1S/C18H28N2O2.ClH/c1-15-7-8-16(2)17(14-15)22-13-4-3-6-18(21)20-11-5-9-19-10-12-20;/h7-8,14,19H,3-6,9-13H2,1-2H3;1H. The fourth-order valence-corrected chi connectivity index (χ4v) is 2.68. The van der Waals surface area contributed by atoms with E-state index >= 15 is 0 Å². The minimum Gasteiger partial charge on any atom is -0.493 e. The van der Waals surface area contributed by atoms with Crippen molar-refractivity contribution in [3.8, 4) is 5.75 Å². The summed E-state index contributed by atoms with van der Waals surface area (Å²) in [6.07, 6.45) is 3.51. The molecule has 5 heteroatoms. The van der Waals surface area contributed by atoms with Gasteiger partial charge >= 0.3 is 0 Å². The molecule has 1 fully saturated rings. The van der Waals surface area contributed by atoms with Gasteiger partial charge in [-0.25, -0.2) is 0 Å². The highest BCUT2D eigenvalue weighted by atomic mass is 35.5. The molecule has 0 saturated carbocycles. The van der Waals surface area contributed by atoms with Crippen LogP contribution in [0.15, 0.2) is 18.2 Å². The second kappa shape index (κ2) is 10.5. The Labute approximate surface area is 146 Å². The van der Waals surface area contributed by atoms with Crippen molar-refractivity contribution in [1.82, 2.24) is 10.2 Å². The maximum Gasteiger partial charge on any atom is 0.222 e. The fourth-order valence-electron chi connectivity index (χ4n) is 2.68. The van der Waals surface area contributed by atoms with Crippen molar-refractivity contribution in [2.75, 3.05) is 32.8 Å². The highest BCUT2D eigenvalue weighted by molar-refractivity contribution is 5.85. The number of ether oxygens (including phenoxy) is 1. The molecule has 0 aliphatic carbocycles. The lowest BCUT2D eigenvalue weighted by molar-refractivity contribution is -0.131. The summed E-state index contributed by atoms with van der Waals surface area (Å²) in [6, 6.07) is 6.25. The van der Waals surface area contributed by atoms with Crippen LogP contribution in [0.3, 0.4) is 0 Å². The molecule has 1 N–H and O–H groups in total. The van der Waals surface area contributed by atoms with Gasteiger partial charge in [-0.3, -0.25) is 4.79 Å². The van der Waals surface area contributed by atoms with Gasteiger partial charge in [-0.1, -0.05) is 12.1 Å². The van der Waals surface area contributed by atoms with Crippen molar-refractivity contribution in [3.05, 3.63) is 29.3 Å². The number of rotatable bonds is 6. The lowest BCUT2D eigenvalue weighted by Gasteiger charge is -2.19. The molecule has 0 radical (unpaired) electrons. The van der Waals surface area contributed by atoms with E-state index in [1.54, 1.807) is 0 Å². The van der Waals surface area contributed by atoms with Gasteiger partial charge < -0.3 is 15.0 Å². The third-order valence-corrected chi connectivity index (χ3v) is 4.08. The summed E-state index contributed by atoms with van der Waals surface area (Å²) in [4.78, 5) is 14.1. The number of amides is 1. The van der Waals surface area contributed by atoms with Crippen molar-refractivity contribution < 1.29 is 9.53 Å². The Morgan fingerprint density at radius 2 is 2.04 bits per heavy atom. The van der Waals surface area contributed by atoms with Crippen LogP contribution in [0.25, 0.3) is 0 Å². The van der Waals surface area contributed by atoms with Crippen molar-refractivity contribution in [1.29, 1.82) is 0 Å². The summed E-state index contributed by atoms with van der Waals surface area (Å²) in [6.45, 7) is 8.49. The first-order valence-electron chi connectivity index (χ1n) is 8.35. The van der Waals surface area contributed by atoms with Crippen LogP contribution in [0.1, 0.15) is 36.8 Å². The summed E-state index contributed by atoms with van der Waals surface area (Å²) in [5, 5.41) is 3.32. The first-order valence-corrected chi connectivity index (χ1v) is 8.35. The predicted molar refractivity (Wildman–Crippen MR) is 96.6 cm³/mol. The molecule has 1 saturated heterocycles. The number of unbranched alkanes of at least 4 members (excludes halogenated alkanes) is 1. The number of benzene rings is 1. The monoisotopic (exact) mass is 340 g/mol. The number of halogens is 1. The summed E-state index contributed by atoms with van der Waals surface area (Å²) >= 11 is 0. The molecule has 2 rings (SSSR count). The summed E-state index contributed by atoms with van der Waals surface area (Å²) in [5.74, 6) is 1.25. The number of nitrogens with one attached hydrogen (secondary N) is 1. The molecule has 1 aliphatic heterocycles. The molecule has 0 unspecified atom stereocenters. The SMILES string of the molecule is Cc1ccc(C)c(OCCCCC(=O)N2CCCNCC2)c1.Cl. The molecule has 1 aliphatic rings. The Morgan fingerprint density at radius 1 is 1.22 bits per heavy atom. The van der Waals surface area contributed by atoms with E-state index in [2.05, 4.69) is 37.4 Å². The van der Waals surface area contributed by atoms with E-state index in [0.29, 0.717) is 13.0 Å². The van der Waals surface area contributed by atoms with Gasteiger partial charge in [0.1, 0.15) is 5.75 Å². The van der Waals surface area contributed by atoms with Gasteiger partial charge in [0.25, 0.3) is 0 Å². The number of carbonyl (C=O) groups is 1. The molecule has 0 atom stereocenters. The molecule has 1 amide bonds. The quantitative estimate of drug-likeness (QED) is 0.809. The Bertz CT molecular complexity index is 486. The van der Waals surface area contributed by atoms with E-state index in [9.17, 15) is 4.79 Å². The van der Waals surface area contributed by atoms with E-state index in [4.69, 9.17) is 4.74 Å². The van der Waals surface area contributed by atoms with Crippen LogP contribution in [0.5, 0.6) is 5.75 Å². The minimum atomic E-state index is 0. The first kappa shape index (κ1) is 19.8. The topological polar surface area (TPSA) is 41.6 Å². The number of carbonyl (C=O) groups excluding carboxylic acids is 1. The van der Waals surface area contributed by atoms with Crippen LogP contribution in [0.2, 0.25) is 0 Å². The molecule has 0 spiro atoms. The number of nitrogens with zero attached hydrogens (tertiary/aromatic N) is 1. The fraction of sp³-hybridized carbons (Fsp3) is 0.611. The number of aryl methyl sites for hydroxylation is 2. The van der Waals surface area contributed by atoms with Crippen LogP contribution >= 0.6 is 12.4 Å². The third-order valence-electron chi connectivity index (χ3n) is 4.08. The Balaban J connectivity index is 0.00000264. The van der Waals surface area contributed by atoms with Crippen molar-refractivity contribution in [3.63, 3.8) is 0 Å². The maximum absolute atomic E-state index is 12.1. The van der Waals surface area contributed by atoms with E-state index in [0.717, 1.165) is 51.2 Å². The lowest BCUT2D eigenvalue weighted by Crippen LogP contribution is -2.34. The van der Waals surface area contributed by atoms with Crippen molar-refractivity contribution in [2.24, 2.45) is 0 Å². The van der Waals surface area contributed by atoms with E-state index in [-0.39, 0.29) is 18.3 Å². The normalized spacial score (nSPS) is 14.8. The minimum absolute atomic E-state index is 0. The van der Waals surface area contributed by atoms with Gasteiger partial charge in [0, 0.05) is 26.1 Å². The zero-order valence-electron chi connectivity index (χ0n) is 14.3. The van der Waals surface area contributed by atoms with Crippen LogP contribution in [-0.2, 0) is 4.79 Å². The van der Waals surface area contributed by atoms with Gasteiger partial charge in [0.05, 0.1) is 6.61 Å². The van der Waals surface area contributed by atoms with Gasteiger partial charge in [-0.05, 0) is 56.8 Å². The van der Waals surface area contributed by atoms with Gasteiger partial charge in [0.15, 0.2) is 0 Å². The lowest BCUT2D eigenvalue weighted by atomic mass is 10.1. The van der Waals surface area contributed by atoms with Gasteiger partial charge in [-0.15, -0.1) is 12.4 Å². The second-order valence-electron chi connectivity index (χ2n) is 6.06. The van der Waals surface area contributed by atoms with Gasteiger partial charge in [0.2, 0.25) is 5.91 Å². The summed E-state index contributed by atoms with van der Waals surface area (Å²) < 4.78 is 5.83. The molecular weight excluding hydrogens is 312 g/mol. The molecule has 4 nitrogen and oxygen atoms in total. The zero-order valence-corrected chi connectivity index (χ0v) is 15.1. The molecule has 130 valence electrons. The van der Waals surface area contributed by atoms with E-state index in [1.165, 1.54) is 11.1 Å². The Kier molecular flexibility index (Phi) is 9.03. The van der Waals surface area contributed by atoms with E-state index in [1.807, 2.05) is 4.90 Å². The Hall–Kier alpha value is -1.26. The second-order valence-corrected chi connectivity index (χ2v) is 6.06. The average molecular weight is 341 g/mol. The number of hydrogen-bond donors (Lipinski definition) is 1. The molecule has 23 heavy (non-hydrogen) atoms. The van der Waals surface area contributed by atoms with Crippen LogP contribution < -0.4 is 10.1 Å². The van der Waals surface area contributed by atoms with Crippen LogP contribution in [0.4, 0.5) is 0 Å². The number of hydrogen-bond acceptors (Lipinski definition) is 3. The summed E-state index contributed by atoms with van der Waals surface area (Å²) in [7, 11) is 0. The predicted octanol–water partition coefficient (Wildman–Crippen LogP) is 3.10. The highest BCUT2D eigenvalue weighted by Crippen LogP contribution is 2.19. The van der Waals surface area contributed by atoms with Gasteiger partial charge in [-0.2, -0.15) is 0 Å². The Morgan fingerprint density at radius 3 is 2.87 bits per heavy atom. The highest BCUT2D eigenvalue weighted by Gasteiger charge is 2.14. The molecule has 1 aromatic carbocycles. The average Bonchev–Trinajstić information content (AvgIpc) is 2.79. The largest absolute Gasteiger partial charge is 0.493 e. The van der Waals surface area contributed by atoms with Crippen LogP contribution in [-0.4, -0.2) is 43.6 Å². The molecule has 0 aromatic heterocycles. The molecular formula is C18H29ClN2O2. The summed E-state index contributed by atoms with van der Waals surface area (Å²) in [5.41, 5.74) is 2.38. The van der Waals surface area contributed by atoms with Crippen LogP contribution in [0, 0.1) is 13.8 Å². The first-order chi connectivity index (χ1) is 10.7. The zero-order chi connectivity index (χ0) is 15.8. The smallest absolute Gasteiger partial charge is 0.222 e. The van der Waals surface area contributed by atoms with E-state index < -0.39 is 0 Å². The molecule has 1 heterocycles.